The van der Waals surface area contributed by atoms with E-state index in [1.165, 1.54) is 0 Å². The summed E-state index contributed by atoms with van der Waals surface area (Å²) in [6, 6.07) is 7.59. The highest BCUT2D eigenvalue weighted by atomic mass is 79.9. The van der Waals surface area contributed by atoms with Crippen LogP contribution in [-0.2, 0) is 0 Å². The van der Waals surface area contributed by atoms with Crippen molar-refractivity contribution >= 4 is 30.0 Å². The van der Waals surface area contributed by atoms with Crippen LogP contribution in [0.4, 0.5) is 0 Å². The van der Waals surface area contributed by atoms with Crippen molar-refractivity contribution in [1.29, 1.82) is 0 Å². The maximum absolute atomic E-state index is 11.7. The molecular formula is C17H27BrO2Si. The quantitative estimate of drug-likeness (QED) is 0.343. The summed E-state index contributed by atoms with van der Waals surface area (Å²) in [5.41, 5.74) is 2.36. The van der Waals surface area contributed by atoms with Crippen molar-refractivity contribution in [1.82, 2.24) is 0 Å². The Hall–Kier alpha value is -0.613. The predicted molar refractivity (Wildman–Crippen MR) is 96.2 cm³/mol. The Bertz CT molecular complexity index is 444. The van der Waals surface area contributed by atoms with Crippen LogP contribution >= 0.6 is 15.9 Å². The van der Waals surface area contributed by atoms with Crippen molar-refractivity contribution in [3.63, 3.8) is 0 Å². The average molecular weight is 371 g/mol. The first-order valence-electron chi connectivity index (χ1n) is 7.63. The summed E-state index contributed by atoms with van der Waals surface area (Å²) in [6.45, 7) is 13.6. The topological polar surface area (TPSA) is 26.3 Å². The van der Waals surface area contributed by atoms with E-state index in [0.29, 0.717) is 22.0 Å². The number of hydrogen-bond donors (Lipinski definition) is 0. The van der Waals surface area contributed by atoms with Crippen LogP contribution in [0.25, 0.3) is 0 Å². The molecule has 0 bridgehead atoms. The molecule has 0 aliphatic heterocycles. The molecule has 0 amide bonds. The lowest BCUT2D eigenvalue weighted by Gasteiger charge is -2.42. The Kier molecular flexibility index (Phi) is 6.66. The van der Waals surface area contributed by atoms with Gasteiger partial charge in [0.15, 0.2) is 5.78 Å². The standard InChI is InChI=1S/C17H27BrO2Si/c1-12(2)21(13(3)4,14(5)6)20-16-9-7-15(8-10-16)17(19)11-18/h7-10,12-14H,11H2,1-6H3. The number of halogens is 1. The van der Waals surface area contributed by atoms with E-state index in [1.54, 1.807) is 0 Å². The van der Waals surface area contributed by atoms with Crippen LogP contribution < -0.4 is 4.43 Å². The SMILES string of the molecule is CC(C)[Si](Oc1ccc(C(=O)CBr)cc1)(C(C)C)C(C)C. The average Bonchev–Trinajstić information content (AvgIpc) is 2.43. The third kappa shape index (κ3) is 3.98. The molecule has 0 N–H and O–H groups in total. The summed E-state index contributed by atoms with van der Waals surface area (Å²) >= 11 is 3.20. The second-order valence-corrected chi connectivity index (χ2v) is 12.4. The van der Waals surface area contributed by atoms with Gasteiger partial charge in [0.05, 0.1) is 5.33 Å². The zero-order chi connectivity index (χ0) is 16.2. The molecule has 0 heterocycles. The first-order chi connectivity index (χ1) is 9.75. The molecule has 0 unspecified atom stereocenters. The number of carbonyl (C=O) groups excluding carboxylic acids is 1. The molecule has 21 heavy (non-hydrogen) atoms. The maximum atomic E-state index is 11.7. The second kappa shape index (κ2) is 7.59. The van der Waals surface area contributed by atoms with Crippen LogP contribution in [-0.4, -0.2) is 19.4 Å². The van der Waals surface area contributed by atoms with Gasteiger partial charge >= 0.3 is 0 Å². The molecule has 0 atom stereocenters. The van der Waals surface area contributed by atoms with Crippen LogP contribution in [0.1, 0.15) is 51.9 Å². The maximum Gasteiger partial charge on any atom is 0.258 e. The van der Waals surface area contributed by atoms with Gasteiger partial charge in [-0.25, -0.2) is 0 Å². The minimum absolute atomic E-state index is 0.0987. The first-order valence-corrected chi connectivity index (χ1v) is 10.9. The predicted octanol–water partition coefficient (Wildman–Crippen LogP) is 5.82. The highest BCUT2D eigenvalue weighted by Crippen LogP contribution is 2.42. The molecule has 0 saturated carbocycles. The fraction of sp³-hybridized carbons (Fsp3) is 0.588. The molecule has 1 rings (SSSR count). The normalized spacial score (nSPS) is 12.3. The van der Waals surface area contributed by atoms with Gasteiger partial charge in [0, 0.05) is 5.56 Å². The molecule has 0 aromatic heterocycles. The van der Waals surface area contributed by atoms with Gasteiger partial charge in [-0.05, 0) is 40.9 Å². The summed E-state index contributed by atoms with van der Waals surface area (Å²) in [5, 5.41) is 0.357. The van der Waals surface area contributed by atoms with Crippen LogP contribution in [0, 0.1) is 0 Å². The molecule has 0 fully saturated rings. The third-order valence-electron chi connectivity index (χ3n) is 4.30. The zero-order valence-electron chi connectivity index (χ0n) is 13.9. The number of Topliss-reactive ketones (excluding diaryl/α,β-unsaturated/α-hetero) is 1. The van der Waals surface area contributed by atoms with Crippen molar-refractivity contribution in [3.05, 3.63) is 29.8 Å². The van der Waals surface area contributed by atoms with Gasteiger partial charge in [-0.15, -0.1) is 0 Å². The van der Waals surface area contributed by atoms with Crippen molar-refractivity contribution in [2.24, 2.45) is 0 Å². The molecule has 0 aliphatic rings. The number of rotatable bonds is 7. The van der Waals surface area contributed by atoms with E-state index in [0.717, 1.165) is 11.3 Å². The Labute approximate surface area is 138 Å². The number of alkyl halides is 1. The zero-order valence-corrected chi connectivity index (χ0v) is 16.5. The fourth-order valence-electron chi connectivity index (χ4n) is 3.34. The van der Waals surface area contributed by atoms with E-state index in [9.17, 15) is 4.79 Å². The summed E-state index contributed by atoms with van der Waals surface area (Å²) in [7, 11) is -1.92. The Morgan fingerprint density at radius 1 is 1.00 bits per heavy atom. The van der Waals surface area contributed by atoms with E-state index in [4.69, 9.17) is 4.43 Å². The molecule has 1 aromatic carbocycles. The van der Waals surface area contributed by atoms with E-state index >= 15 is 0 Å². The van der Waals surface area contributed by atoms with Crippen LogP contribution in [0.5, 0.6) is 5.75 Å². The van der Waals surface area contributed by atoms with Gasteiger partial charge in [0.25, 0.3) is 8.32 Å². The van der Waals surface area contributed by atoms with Crippen LogP contribution in [0.15, 0.2) is 24.3 Å². The van der Waals surface area contributed by atoms with Gasteiger partial charge in [-0.2, -0.15) is 0 Å². The van der Waals surface area contributed by atoms with E-state index in [2.05, 4.69) is 57.5 Å². The van der Waals surface area contributed by atoms with Gasteiger partial charge in [0.2, 0.25) is 0 Å². The largest absolute Gasteiger partial charge is 0.543 e. The minimum atomic E-state index is -1.92. The van der Waals surface area contributed by atoms with E-state index in [-0.39, 0.29) is 5.78 Å². The van der Waals surface area contributed by atoms with Crippen molar-refractivity contribution in [2.75, 3.05) is 5.33 Å². The summed E-state index contributed by atoms with van der Waals surface area (Å²) in [5.74, 6) is 0.991. The molecule has 0 radical (unpaired) electrons. The lowest BCUT2D eigenvalue weighted by Crippen LogP contribution is -2.50. The third-order valence-corrected chi connectivity index (χ3v) is 10.8. The fourth-order valence-corrected chi connectivity index (χ4v) is 8.92. The van der Waals surface area contributed by atoms with Crippen molar-refractivity contribution < 1.29 is 9.22 Å². The minimum Gasteiger partial charge on any atom is -0.543 e. The number of benzene rings is 1. The first kappa shape index (κ1) is 18.4. The molecule has 0 spiro atoms. The highest BCUT2D eigenvalue weighted by molar-refractivity contribution is 9.09. The second-order valence-electron chi connectivity index (χ2n) is 6.50. The molecule has 0 saturated heterocycles. The molecule has 2 nitrogen and oxygen atoms in total. The van der Waals surface area contributed by atoms with E-state index < -0.39 is 8.32 Å². The summed E-state index contributed by atoms with van der Waals surface area (Å²) in [4.78, 5) is 11.7. The van der Waals surface area contributed by atoms with Gasteiger partial charge in [-0.1, -0.05) is 57.5 Å². The number of ketones is 1. The van der Waals surface area contributed by atoms with Gasteiger partial charge < -0.3 is 4.43 Å². The highest BCUT2D eigenvalue weighted by Gasteiger charge is 2.46. The van der Waals surface area contributed by atoms with E-state index in [1.807, 2.05) is 24.3 Å². The lowest BCUT2D eigenvalue weighted by atomic mass is 10.1. The van der Waals surface area contributed by atoms with Crippen molar-refractivity contribution in [2.45, 2.75) is 58.2 Å². The molecule has 0 aliphatic carbocycles. The molecule has 118 valence electrons. The Balaban J connectivity index is 3.07. The van der Waals surface area contributed by atoms with Crippen molar-refractivity contribution in [3.8, 4) is 5.75 Å². The number of hydrogen-bond acceptors (Lipinski definition) is 2. The lowest BCUT2D eigenvalue weighted by molar-refractivity contribution is 0.102. The Morgan fingerprint density at radius 3 is 1.76 bits per heavy atom. The smallest absolute Gasteiger partial charge is 0.258 e. The monoisotopic (exact) mass is 370 g/mol. The summed E-state index contributed by atoms with van der Waals surface area (Å²) < 4.78 is 6.57. The van der Waals surface area contributed by atoms with Crippen LogP contribution in [0.2, 0.25) is 16.6 Å². The van der Waals surface area contributed by atoms with Gasteiger partial charge in [0.1, 0.15) is 5.75 Å². The summed E-state index contributed by atoms with van der Waals surface area (Å²) in [6.07, 6.45) is 0. The Morgan fingerprint density at radius 2 is 1.43 bits per heavy atom. The number of carbonyl (C=O) groups is 1. The molecule has 1 aromatic rings. The van der Waals surface area contributed by atoms with Crippen LogP contribution in [0.3, 0.4) is 0 Å². The molecular weight excluding hydrogens is 344 g/mol. The van der Waals surface area contributed by atoms with Gasteiger partial charge in [-0.3, -0.25) is 4.79 Å². The molecule has 4 heteroatoms.